The summed E-state index contributed by atoms with van der Waals surface area (Å²) in [6, 6.07) is 18.9. The largest absolute Gasteiger partial charge is 0.370 e. The number of halogens is 2. The second-order valence-electron chi connectivity index (χ2n) is 5.93. The Morgan fingerprint density at radius 3 is 1.80 bits per heavy atom. The van der Waals surface area contributed by atoms with Crippen LogP contribution in [0.4, 0.5) is 0 Å². The van der Waals surface area contributed by atoms with Crippen LogP contribution in [0, 0.1) is 5.92 Å². The Labute approximate surface area is 159 Å². The van der Waals surface area contributed by atoms with Gasteiger partial charge in [0.15, 0.2) is 0 Å². The summed E-state index contributed by atoms with van der Waals surface area (Å²) in [6.07, 6.45) is 2.62. The molecule has 1 aliphatic carbocycles. The van der Waals surface area contributed by atoms with Gasteiger partial charge in [-0.1, -0.05) is 59.6 Å². The van der Waals surface area contributed by atoms with Crippen LogP contribution in [0.3, 0.4) is 0 Å². The zero-order valence-electron chi connectivity index (χ0n) is 14.1. The van der Waals surface area contributed by atoms with E-state index in [1.165, 1.54) is 12.8 Å². The van der Waals surface area contributed by atoms with Crippen molar-refractivity contribution in [3.05, 3.63) is 70.7 Å². The molecule has 25 heavy (non-hydrogen) atoms. The first kappa shape index (κ1) is 19.8. The lowest BCUT2D eigenvalue weighted by molar-refractivity contribution is -0.142. The smallest absolute Gasteiger partial charge is 0.248 e. The number of morpholine rings is 1. The number of hydrogen-bond acceptors (Lipinski definition) is 2. The summed E-state index contributed by atoms with van der Waals surface area (Å²) in [4.78, 5) is 13.1. The van der Waals surface area contributed by atoms with Gasteiger partial charge in [0.2, 0.25) is 5.91 Å². The highest BCUT2D eigenvalue weighted by molar-refractivity contribution is 6.30. The highest BCUT2D eigenvalue weighted by Gasteiger charge is 2.27. The Balaban J connectivity index is 0.000000142. The Morgan fingerprint density at radius 1 is 0.920 bits per heavy atom. The molecule has 0 N–H and O–H groups in total. The van der Waals surface area contributed by atoms with E-state index in [0.29, 0.717) is 6.61 Å². The minimum absolute atomic E-state index is 0.170. The van der Waals surface area contributed by atoms with Crippen molar-refractivity contribution in [2.45, 2.75) is 12.8 Å². The van der Waals surface area contributed by atoms with Crippen LogP contribution in [0.2, 0.25) is 10.0 Å². The molecule has 1 heterocycles. The maximum Gasteiger partial charge on any atom is 0.248 e. The zero-order chi connectivity index (χ0) is 17.9. The fraction of sp³-hybridized carbons (Fsp3) is 0.350. The van der Waals surface area contributed by atoms with Gasteiger partial charge in [0.05, 0.1) is 6.61 Å². The number of ether oxygens (including phenoxy) is 1. The fourth-order valence-corrected chi connectivity index (χ4v) is 2.48. The summed E-state index contributed by atoms with van der Waals surface area (Å²) in [6.45, 7) is 2.79. The first-order valence-electron chi connectivity index (χ1n) is 8.42. The van der Waals surface area contributed by atoms with E-state index in [1.807, 2.05) is 65.6 Å². The monoisotopic (exact) mass is 379 g/mol. The number of amides is 1. The summed E-state index contributed by atoms with van der Waals surface area (Å²) in [5.74, 6) is 0.972. The average molecular weight is 380 g/mol. The van der Waals surface area contributed by atoms with Gasteiger partial charge in [0.1, 0.15) is 6.61 Å². The van der Waals surface area contributed by atoms with Gasteiger partial charge in [-0.05, 0) is 43.0 Å². The minimum Gasteiger partial charge on any atom is -0.370 e. The molecule has 2 fully saturated rings. The molecule has 1 aliphatic heterocycles. The van der Waals surface area contributed by atoms with Crippen LogP contribution in [0.5, 0.6) is 0 Å². The van der Waals surface area contributed by atoms with Gasteiger partial charge in [0.25, 0.3) is 0 Å². The molecule has 2 aromatic carbocycles. The van der Waals surface area contributed by atoms with E-state index in [0.717, 1.165) is 35.7 Å². The van der Waals surface area contributed by atoms with Crippen molar-refractivity contribution in [2.24, 2.45) is 5.92 Å². The maximum absolute atomic E-state index is 11.2. The molecular weight excluding hydrogens is 357 g/mol. The molecule has 0 unspecified atom stereocenters. The summed E-state index contributed by atoms with van der Waals surface area (Å²) in [5, 5.41) is 1.59. The molecule has 2 aromatic rings. The molecule has 0 atom stereocenters. The van der Waals surface area contributed by atoms with Crippen molar-refractivity contribution in [3.8, 4) is 0 Å². The Morgan fingerprint density at radius 2 is 1.44 bits per heavy atom. The summed E-state index contributed by atoms with van der Waals surface area (Å²) >= 11 is 11.1. The Bertz CT molecular complexity index is 581. The molecule has 1 amide bonds. The van der Waals surface area contributed by atoms with Crippen molar-refractivity contribution in [1.29, 1.82) is 0 Å². The van der Waals surface area contributed by atoms with Gasteiger partial charge in [-0.2, -0.15) is 0 Å². The van der Waals surface area contributed by atoms with E-state index in [2.05, 4.69) is 0 Å². The molecule has 4 rings (SSSR count). The molecule has 0 aromatic heterocycles. The van der Waals surface area contributed by atoms with Crippen LogP contribution in [-0.4, -0.2) is 37.1 Å². The number of hydrogen-bond donors (Lipinski definition) is 0. The van der Waals surface area contributed by atoms with Gasteiger partial charge in [-0.15, -0.1) is 0 Å². The second kappa shape index (κ2) is 11.1. The van der Waals surface area contributed by atoms with Crippen molar-refractivity contribution >= 4 is 29.1 Å². The summed E-state index contributed by atoms with van der Waals surface area (Å²) < 4.78 is 5.02. The first-order chi connectivity index (χ1) is 12.1. The lowest BCUT2D eigenvalue weighted by Crippen LogP contribution is -2.42. The molecule has 0 spiro atoms. The number of carbonyl (C=O) groups is 1. The van der Waals surface area contributed by atoms with Crippen LogP contribution in [0.15, 0.2) is 60.7 Å². The average Bonchev–Trinajstić information content (AvgIpc) is 3.44. The van der Waals surface area contributed by atoms with Crippen LogP contribution in [-0.2, 0) is 9.53 Å². The zero-order valence-corrected chi connectivity index (χ0v) is 15.6. The maximum atomic E-state index is 11.2. The SMILES string of the molecule is Clc1ccccc1.Clc1ccccc1.O=C1COCCN1CC1CC1. The molecule has 1 saturated carbocycles. The first-order valence-corrected chi connectivity index (χ1v) is 9.17. The van der Waals surface area contributed by atoms with Crippen LogP contribution >= 0.6 is 23.2 Å². The quantitative estimate of drug-likeness (QED) is 0.739. The second-order valence-corrected chi connectivity index (χ2v) is 6.80. The van der Waals surface area contributed by atoms with E-state index in [9.17, 15) is 4.79 Å². The fourth-order valence-electron chi connectivity index (χ4n) is 2.18. The third-order valence-electron chi connectivity index (χ3n) is 3.73. The van der Waals surface area contributed by atoms with Crippen molar-refractivity contribution in [2.75, 3.05) is 26.3 Å². The van der Waals surface area contributed by atoms with Gasteiger partial charge in [-0.3, -0.25) is 4.79 Å². The summed E-state index contributed by atoms with van der Waals surface area (Å²) in [5.41, 5.74) is 0. The molecular formula is C20H23Cl2NO2. The predicted octanol–water partition coefficient (Wildman–Crippen LogP) is 4.94. The van der Waals surface area contributed by atoms with E-state index in [1.54, 1.807) is 0 Å². The van der Waals surface area contributed by atoms with E-state index < -0.39 is 0 Å². The topological polar surface area (TPSA) is 29.5 Å². The lowest BCUT2D eigenvalue weighted by Gasteiger charge is -2.26. The number of benzene rings is 2. The van der Waals surface area contributed by atoms with Gasteiger partial charge < -0.3 is 9.64 Å². The van der Waals surface area contributed by atoms with Gasteiger partial charge >= 0.3 is 0 Å². The molecule has 0 bridgehead atoms. The van der Waals surface area contributed by atoms with E-state index in [4.69, 9.17) is 27.9 Å². The minimum atomic E-state index is 0.170. The third kappa shape index (κ3) is 8.92. The normalized spacial score (nSPS) is 16.2. The molecule has 2 aliphatic rings. The predicted molar refractivity (Wildman–Crippen MR) is 103 cm³/mol. The Hall–Kier alpha value is -1.55. The van der Waals surface area contributed by atoms with Crippen molar-refractivity contribution in [3.63, 3.8) is 0 Å². The van der Waals surface area contributed by atoms with Crippen molar-refractivity contribution in [1.82, 2.24) is 4.90 Å². The van der Waals surface area contributed by atoms with Crippen molar-refractivity contribution < 1.29 is 9.53 Å². The molecule has 1 saturated heterocycles. The standard InChI is InChI=1S/C8H13NO2.2C6H5Cl/c10-8-6-11-4-3-9(8)5-7-1-2-7;2*7-6-4-2-1-3-5-6/h7H,1-6H2;2*1-5H. The molecule has 134 valence electrons. The number of carbonyl (C=O) groups excluding carboxylic acids is 1. The molecule has 0 radical (unpaired) electrons. The van der Waals surface area contributed by atoms with Crippen LogP contribution in [0.1, 0.15) is 12.8 Å². The van der Waals surface area contributed by atoms with Gasteiger partial charge in [-0.25, -0.2) is 0 Å². The van der Waals surface area contributed by atoms with Crippen LogP contribution in [0.25, 0.3) is 0 Å². The van der Waals surface area contributed by atoms with E-state index >= 15 is 0 Å². The van der Waals surface area contributed by atoms with Crippen LogP contribution < -0.4 is 0 Å². The molecule has 5 heteroatoms. The van der Waals surface area contributed by atoms with E-state index in [-0.39, 0.29) is 5.91 Å². The number of nitrogens with zero attached hydrogens (tertiary/aromatic N) is 1. The summed E-state index contributed by atoms with van der Waals surface area (Å²) in [7, 11) is 0. The highest BCUT2D eigenvalue weighted by Crippen LogP contribution is 2.29. The van der Waals surface area contributed by atoms with Gasteiger partial charge in [0, 0.05) is 23.1 Å². The molecule has 3 nitrogen and oxygen atoms in total. The third-order valence-corrected chi connectivity index (χ3v) is 4.23. The lowest BCUT2D eigenvalue weighted by atomic mass is 10.3. The number of rotatable bonds is 2. The Kier molecular flexibility index (Phi) is 8.81. The highest BCUT2D eigenvalue weighted by atomic mass is 35.5.